The van der Waals surface area contributed by atoms with Crippen molar-refractivity contribution in [1.29, 1.82) is 0 Å². The number of amides is 1. The molecule has 0 aliphatic heterocycles. The Morgan fingerprint density at radius 1 is 1.19 bits per heavy atom. The lowest BCUT2D eigenvalue weighted by atomic mass is 10.1. The van der Waals surface area contributed by atoms with Crippen LogP contribution in [0.2, 0.25) is 0 Å². The summed E-state index contributed by atoms with van der Waals surface area (Å²) in [5, 5.41) is 2.90. The number of hydrogen-bond acceptors (Lipinski definition) is 2. The number of para-hydroxylation sites is 2. The molecule has 0 bridgehead atoms. The third-order valence-electron chi connectivity index (χ3n) is 3.48. The van der Waals surface area contributed by atoms with E-state index in [0.717, 1.165) is 28.0 Å². The van der Waals surface area contributed by atoms with E-state index >= 15 is 0 Å². The number of H-pyrrole nitrogens is 1. The van der Waals surface area contributed by atoms with Crippen molar-refractivity contribution in [2.75, 3.05) is 0 Å². The Hall–Kier alpha value is -2.62. The van der Waals surface area contributed by atoms with E-state index in [-0.39, 0.29) is 5.91 Å². The predicted molar refractivity (Wildman–Crippen MR) is 83.2 cm³/mol. The Morgan fingerprint density at radius 3 is 2.76 bits per heavy atom. The quantitative estimate of drug-likeness (QED) is 0.774. The van der Waals surface area contributed by atoms with Crippen LogP contribution in [0.5, 0.6) is 0 Å². The van der Waals surface area contributed by atoms with E-state index in [2.05, 4.69) is 15.3 Å². The molecular formula is C17H17N3O. The van der Waals surface area contributed by atoms with E-state index in [1.807, 2.05) is 56.3 Å². The SMILES string of the molecule is Cc1ccc(C(=O)NCc2nc3ccccc3[nH]2)c(C)c1. The van der Waals surface area contributed by atoms with Crippen LogP contribution < -0.4 is 5.32 Å². The minimum atomic E-state index is -0.0760. The van der Waals surface area contributed by atoms with Crippen LogP contribution in [0.1, 0.15) is 27.3 Å². The van der Waals surface area contributed by atoms with Crippen LogP contribution in [0.3, 0.4) is 0 Å². The van der Waals surface area contributed by atoms with Gasteiger partial charge in [-0.1, -0.05) is 29.8 Å². The smallest absolute Gasteiger partial charge is 0.251 e. The summed E-state index contributed by atoms with van der Waals surface area (Å²) in [7, 11) is 0. The first-order chi connectivity index (χ1) is 10.1. The number of aromatic amines is 1. The first-order valence-corrected chi connectivity index (χ1v) is 6.92. The molecule has 2 aromatic carbocycles. The summed E-state index contributed by atoms with van der Waals surface area (Å²) in [5.41, 5.74) is 4.73. The van der Waals surface area contributed by atoms with Gasteiger partial charge in [0, 0.05) is 5.56 Å². The van der Waals surface area contributed by atoms with Gasteiger partial charge in [-0.3, -0.25) is 4.79 Å². The number of rotatable bonds is 3. The molecule has 0 fully saturated rings. The van der Waals surface area contributed by atoms with E-state index in [0.29, 0.717) is 12.1 Å². The molecule has 0 radical (unpaired) electrons. The van der Waals surface area contributed by atoms with Gasteiger partial charge in [-0.25, -0.2) is 4.98 Å². The highest BCUT2D eigenvalue weighted by Gasteiger charge is 2.09. The van der Waals surface area contributed by atoms with Gasteiger partial charge >= 0.3 is 0 Å². The monoisotopic (exact) mass is 279 g/mol. The summed E-state index contributed by atoms with van der Waals surface area (Å²) in [6, 6.07) is 13.6. The summed E-state index contributed by atoms with van der Waals surface area (Å²) < 4.78 is 0. The number of benzene rings is 2. The van der Waals surface area contributed by atoms with E-state index < -0.39 is 0 Å². The third-order valence-corrected chi connectivity index (χ3v) is 3.48. The van der Waals surface area contributed by atoms with Crippen LogP contribution in [0.15, 0.2) is 42.5 Å². The Morgan fingerprint density at radius 2 is 2.00 bits per heavy atom. The Labute approximate surface area is 123 Å². The first-order valence-electron chi connectivity index (χ1n) is 6.92. The highest BCUT2D eigenvalue weighted by Crippen LogP contribution is 2.12. The van der Waals surface area contributed by atoms with Crippen molar-refractivity contribution in [3.05, 3.63) is 65.0 Å². The van der Waals surface area contributed by atoms with Gasteiger partial charge in [0.15, 0.2) is 0 Å². The number of imidazole rings is 1. The molecule has 0 saturated carbocycles. The molecule has 1 heterocycles. The molecule has 3 rings (SSSR count). The van der Waals surface area contributed by atoms with Gasteiger partial charge in [0.2, 0.25) is 0 Å². The number of carbonyl (C=O) groups is 1. The molecule has 0 unspecified atom stereocenters. The van der Waals surface area contributed by atoms with Gasteiger partial charge < -0.3 is 10.3 Å². The fraction of sp³-hybridized carbons (Fsp3) is 0.176. The Bertz CT molecular complexity index is 772. The minimum absolute atomic E-state index is 0.0760. The fourth-order valence-electron chi connectivity index (χ4n) is 2.42. The molecule has 0 aliphatic rings. The number of aromatic nitrogens is 2. The lowest BCUT2D eigenvalue weighted by Gasteiger charge is -2.07. The lowest BCUT2D eigenvalue weighted by molar-refractivity contribution is 0.0949. The van der Waals surface area contributed by atoms with Gasteiger partial charge in [-0.15, -0.1) is 0 Å². The van der Waals surface area contributed by atoms with Gasteiger partial charge in [0.1, 0.15) is 5.82 Å². The van der Waals surface area contributed by atoms with Crippen molar-refractivity contribution in [1.82, 2.24) is 15.3 Å². The minimum Gasteiger partial charge on any atom is -0.345 e. The van der Waals surface area contributed by atoms with Crippen LogP contribution >= 0.6 is 0 Å². The molecular weight excluding hydrogens is 262 g/mol. The van der Waals surface area contributed by atoms with Crippen LogP contribution in [0, 0.1) is 13.8 Å². The topological polar surface area (TPSA) is 57.8 Å². The molecule has 106 valence electrons. The summed E-state index contributed by atoms with van der Waals surface area (Å²) in [5.74, 6) is 0.683. The number of nitrogens with zero attached hydrogens (tertiary/aromatic N) is 1. The molecule has 4 nitrogen and oxygen atoms in total. The number of aryl methyl sites for hydroxylation is 2. The average Bonchev–Trinajstić information content (AvgIpc) is 2.87. The van der Waals surface area contributed by atoms with Crippen molar-refractivity contribution in [2.24, 2.45) is 0 Å². The highest BCUT2D eigenvalue weighted by atomic mass is 16.1. The normalized spacial score (nSPS) is 10.8. The van der Waals surface area contributed by atoms with Crippen molar-refractivity contribution >= 4 is 16.9 Å². The molecule has 0 spiro atoms. The number of carbonyl (C=O) groups excluding carboxylic acids is 1. The molecule has 1 amide bonds. The largest absolute Gasteiger partial charge is 0.345 e. The third kappa shape index (κ3) is 2.79. The van der Waals surface area contributed by atoms with Crippen LogP contribution in [0.25, 0.3) is 11.0 Å². The first kappa shape index (κ1) is 13.4. The molecule has 1 aromatic heterocycles. The Kier molecular flexibility index (Phi) is 3.44. The maximum Gasteiger partial charge on any atom is 0.251 e. The molecule has 4 heteroatoms. The van der Waals surface area contributed by atoms with E-state index in [9.17, 15) is 4.79 Å². The molecule has 2 N–H and O–H groups in total. The maximum atomic E-state index is 12.2. The molecule has 0 atom stereocenters. The second kappa shape index (κ2) is 5.40. The van der Waals surface area contributed by atoms with Crippen molar-refractivity contribution in [3.8, 4) is 0 Å². The predicted octanol–water partition coefficient (Wildman–Crippen LogP) is 3.11. The van der Waals surface area contributed by atoms with E-state index in [4.69, 9.17) is 0 Å². The summed E-state index contributed by atoms with van der Waals surface area (Å²) in [6.07, 6.45) is 0. The molecule has 3 aromatic rings. The van der Waals surface area contributed by atoms with Gasteiger partial charge in [-0.2, -0.15) is 0 Å². The second-order valence-corrected chi connectivity index (χ2v) is 5.20. The number of nitrogens with one attached hydrogen (secondary N) is 2. The zero-order chi connectivity index (χ0) is 14.8. The highest BCUT2D eigenvalue weighted by molar-refractivity contribution is 5.95. The van der Waals surface area contributed by atoms with Crippen molar-refractivity contribution in [2.45, 2.75) is 20.4 Å². The number of fused-ring (bicyclic) bond motifs is 1. The maximum absolute atomic E-state index is 12.2. The van der Waals surface area contributed by atoms with Gasteiger partial charge in [0.05, 0.1) is 17.6 Å². The van der Waals surface area contributed by atoms with Crippen LogP contribution in [-0.2, 0) is 6.54 Å². The molecule has 0 saturated heterocycles. The van der Waals surface area contributed by atoms with Crippen LogP contribution in [-0.4, -0.2) is 15.9 Å². The van der Waals surface area contributed by atoms with E-state index in [1.165, 1.54) is 0 Å². The summed E-state index contributed by atoms with van der Waals surface area (Å²) in [6.45, 7) is 4.35. The number of hydrogen-bond donors (Lipinski definition) is 2. The summed E-state index contributed by atoms with van der Waals surface area (Å²) in [4.78, 5) is 19.9. The fourth-order valence-corrected chi connectivity index (χ4v) is 2.42. The molecule has 21 heavy (non-hydrogen) atoms. The second-order valence-electron chi connectivity index (χ2n) is 5.20. The van der Waals surface area contributed by atoms with Crippen molar-refractivity contribution < 1.29 is 4.79 Å². The average molecular weight is 279 g/mol. The standard InChI is InChI=1S/C17H17N3O/c1-11-7-8-13(12(2)9-11)17(21)18-10-16-19-14-5-3-4-6-15(14)20-16/h3-9H,10H2,1-2H3,(H,18,21)(H,19,20). The van der Waals surface area contributed by atoms with Gasteiger partial charge in [0.25, 0.3) is 5.91 Å². The molecule has 0 aliphatic carbocycles. The van der Waals surface area contributed by atoms with Crippen molar-refractivity contribution in [3.63, 3.8) is 0 Å². The summed E-state index contributed by atoms with van der Waals surface area (Å²) >= 11 is 0. The van der Waals surface area contributed by atoms with Crippen LogP contribution in [0.4, 0.5) is 0 Å². The Balaban J connectivity index is 1.73. The van der Waals surface area contributed by atoms with E-state index in [1.54, 1.807) is 0 Å². The zero-order valence-corrected chi connectivity index (χ0v) is 12.1. The lowest BCUT2D eigenvalue weighted by Crippen LogP contribution is -2.24. The van der Waals surface area contributed by atoms with Gasteiger partial charge in [-0.05, 0) is 37.6 Å². The zero-order valence-electron chi connectivity index (χ0n) is 12.1.